The number of benzene rings is 1. The molecule has 126 valence electrons. The van der Waals surface area contributed by atoms with E-state index in [0.29, 0.717) is 0 Å². The van der Waals surface area contributed by atoms with Crippen LogP contribution >= 0.6 is 0 Å². The Morgan fingerprint density at radius 1 is 1.17 bits per heavy atom. The third-order valence-electron chi connectivity index (χ3n) is 4.55. The van der Waals surface area contributed by atoms with Crippen LogP contribution < -0.4 is 10.1 Å². The normalized spacial score (nSPS) is 17.3. The summed E-state index contributed by atoms with van der Waals surface area (Å²) in [5.74, 6) is 0.526. The van der Waals surface area contributed by atoms with E-state index in [-0.39, 0.29) is 30.5 Å². The van der Waals surface area contributed by atoms with E-state index >= 15 is 0 Å². The fourth-order valence-corrected chi connectivity index (χ4v) is 2.48. The number of ether oxygens (including phenoxy) is 1. The zero-order valence-electron chi connectivity index (χ0n) is 14.6. The summed E-state index contributed by atoms with van der Waals surface area (Å²) in [6.45, 7) is 10.5. The van der Waals surface area contributed by atoms with Crippen LogP contribution in [0.2, 0.25) is 0 Å². The maximum absolute atomic E-state index is 12.1. The minimum Gasteiger partial charge on any atom is -0.492 e. The predicted molar refractivity (Wildman–Crippen MR) is 89.6 cm³/mol. The van der Waals surface area contributed by atoms with Gasteiger partial charge in [0.15, 0.2) is 0 Å². The quantitative estimate of drug-likeness (QED) is 0.820. The summed E-state index contributed by atoms with van der Waals surface area (Å²) < 4.78 is 5.66. The van der Waals surface area contributed by atoms with Crippen molar-refractivity contribution in [2.24, 2.45) is 0 Å². The van der Waals surface area contributed by atoms with Gasteiger partial charge in [-0.1, -0.05) is 32.9 Å². The fourth-order valence-electron chi connectivity index (χ4n) is 2.48. The SMILES string of the molecule is CCC(C)(C)c1ccc(OCCN2C(=O)NC(C)(C)C2=O)cc1. The molecule has 1 aromatic carbocycles. The number of hydrogen-bond acceptors (Lipinski definition) is 3. The second-order valence-electron chi connectivity index (χ2n) is 7.12. The molecule has 1 saturated heterocycles. The number of nitrogens with zero attached hydrogens (tertiary/aromatic N) is 1. The van der Waals surface area contributed by atoms with Crippen LogP contribution in [0.15, 0.2) is 24.3 Å². The molecule has 5 heteroatoms. The number of amides is 3. The molecule has 2 rings (SSSR count). The summed E-state index contributed by atoms with van der Waals surface area (Å²) in [4.78, 5) is 25.0. The van der Waals surface area contributed by atoms with Gasteiger partial charge in [0.2, 0.25) is 0 Å². The number of hydrogen-bond donors (Lipinski definition) is 1. The molecule has 5 nitrogen and oxygen atoms in total. The topological polar surface area (TPSA) is 58.6 Å². The van der Waals surface area contributed by atoms with E-state index in [4.69, 9.17) is 4.74 Å². The summed E-state index contributed by atoms with van der Waals surface area (Å²) >= 11 is 0. The molecule has 0 atom stereocenters. The third-order valence-corrected chi connectivity index (χ3v) is 4.55. The Kier molecular flexibility index (Phi) is 4.68. The lowest BCUT2D eigenvalue weighted by molar-refractivity contribution is -0.130. The van der Waals surface area contributed by atoms with Gasteiger partial charge >= 0.3 is 6.03 Å². The molecule has 0 bridgehead atoms. The second kappa shape index (κ2) is 6.22. The summed E-state index contributed by atoms with van der Waals surface area (Å²) in [5, 5.41) is 2.65. The van der Waals surface area contributed by atoms with Crippen LogP contribution in [-0.4, -0.2) is 35.5 Å². The fraction of sp³-hybridized carbons (Fsp3) is 0.556. The number of urea groups is 1. The molecular weight excluding hydrogens is 292 g/mol. The average molecular weight is 318 g/mol. The molecule has 1 aliphatic rings. The predicted octanol–water partition coefficient (Wildman–Crippen LogP) is 3.08. The lowest BCUT2D eigenvalue weighted by Crippen LogP contribution is -2.40. The van der Waals surface area contributed by atoms with Crippen molar-refractivity contribution in [3.8, 4) is 5.75 Å². The Labute approximate surface area is 138 Å². The van der Waals surface area contributed by atoms with Crippen LogP contribution in [0.1, 0.15) is 46.6 Å². The minimum absolute atomic E-state index is 0.143. The Morgan fingerprint density at radius 3 is 2.26 bits per heavy atom. The monoisotopic (exact) mass is 318 g/mol. The number of carbonyl (C=O) groups is 2. The number of carbonyl (C=O) groups excluding carboxylic acids is 2. The Balaban J connectivity index is 1.90. The van der Waals surface area contributed by atoms with E-state index in [0.717, 1.165) is 12.2 Å². The van der Waals surface area contributed by atoms with Crippen molar-refractivity contribution in [1.29, 1.82) is 0 Å². The highest BCUT2D eigenvalue weighted by molar-refractivity contribution is 6.06. The van der Waals surface area contributed by atoms with Crippen LogP contribution in [0.3, 0.4) is 0 Å². The van der Waals surface area contributed by atoms with E-state index < -0.39 is 5.54 Å². The van der Waals surface area contributed by atoms with E-state index in [1.165, 1.54) is 10.5 Å². The van der Waals surface area contributed by atoms with Crippen molar-refractivity contribution in [3.63, 3.8) is 0 Å². The number of nitrogens with one attached hydrogen (secondary N) is 1. The van der Waals surface area contributed by atoms with Gasteiger partial charge < -0.3 is 10.1 Å². The molecular formula is C18H26N2O3. The van der Waals surface area contributed by atoms with Gasteiger partial charge in [0.25, 0.3) is 5.91 Å². The molecule has 1 aliphatic heterocycles. The highest BCUT2D eigenvalue weighted by Gasteiger charge is 2.43. The molecule has 0 unspecified atom stereocenters. The molecule has 1 N–H and O–H groups in total. The molecule has 0 spiro atoms. The van der Waals surface area contributed by atoms with Gasteiger partial charge in [-0.25, -0.2) is 4.79 Å². The van der Waals surface area contributed by atoms with Crippen molar-refractivity contribution in [2.45, 2.75) is 52.0 Å². The molecule has 1 heterocycles. The van der Waals surface area contributed by atoms with Gasteiger partial charge in [-0.15, -0.1) is 0 Å². The summed E-state index contributed by atoms with van der Waals surface area (Å²) in [6, 6.07) is 7.64. The van der Waals surface area contributed by atoms with Crippen LogP contribution in [0, 0.1) is 0 Å². The Bertz CT molecular complexity index is 591. The standard InChI is InChI=1S/C18H26N2O3/c1-6-17(2,3)13-7-9-14(10-8-13)23-12-11-20-15(21)18(4,5)19-16(20)22/h7-10H,6,11-12H2,1-5H3,(H,19,22). The largest absolute Gasteiger partial charge is 0.492 e. The molecule has 1 aromatic rings. The average Bonchev–Trinajstić information content (AvgIpc) is 2.69. The van der Waals surface area contributed by atoms with E-state index in [2.05, 4.69) is 38.2 Å². The van der Waals surface area contributed by atoms with Crippen LogP contribution in [0.5, 0.6) is 5.75 Å². The van der Waals surface area contributed by atoms with E-state index in [9.17, 15) is 9.59 Å². The van der Waals surface area contributed by atoms with Gasteiger partial charge in [-0.05, 0) is 43.4 Å². The highest BCUT2D eigenvalue weighted by atomic mass is 16.5. The van der Waals surface area contributed by atoms with Crippen molar-refractivity contribution >= 4 is 11.9 Å². The molecule has 1 fully saturated rings. The zero-order chi connectivity index (χ0) is 17.3. The van der Waals surface area contributed by atoms with Crippen molar-refractivity contribution in [2.75, 3.05) is 13.2 Å². The molecule has 0 aliphatic carbocycles. The van der Waals surface area contributed by atoms with Crippen molar-refractivity contribution < 1.29 is 14.3 Å². The van der Waals surface area contributed by atoms with Gasteiger partial charge in [0, 0.05) is 0 Å². The first-order chi connectivity index (χ1) is 10.7. The maximum Gasteiger partial charge on any atom is 0.325 e. The molecule has 23 heavy (non-hydrogen) atoms. The minimum atomic E-state index is -0.829. The maximum atomic E-state index is 12.1. The number of rotatable bonds is 6. The van der Waals surface area contributed by atoms with E-state index in [1.807, 2.05) is 12.1 Å². The lowest BCUT2D eigenvalue weighted by atomic mass is 9.82. The van der Waals surface area contributed by atoms with Gasteiger partial charge in [-0.3, -0.25) is 9.69 Å². The van der Waals surface area contributed by atoms with Crippen molar-refractivity contribution in [3.05, 3.63) is 29.8 Å². The summed E-state index contributed by atoms with van der Waals surface area (Å²) in [6.07, 6.45) is 1.06. The molecule has 3 amide bonds. The first kappa shape index (κ1) is 17.3. The zero-order valence-corrected chi connectivity index (χ0v) is 14.6. The Hall–Kier alpha value is -2.04. The van der Waals surface area contributed by atoms with E-state index in [1.54, 1.807) is 13.8 Å². The second-order valence-corrected chi connectivity index (χ2v) is 7.12. The molecule has 0 radical (unpaired) electrons. The van der Waals surface area contributed by atoms with Crippen LogP contribution in [0.4, 0.5) is 4.79 Å². The first-order valence-corrected chi connectivity index (χ1v) is 8.05. The lowest BCUT2D eigenvalue weighted by Gasteiger charge is -2.23. The summed E-state index contributed by atoms with van der Waals surface area (Å²) in [5.41, 5.74) is 0.581. The molecule has 0 saturated carbocycles. The van der Waals surface area contributed by atoms with Crippen molar-refractivity contribution in [1.82, 2.24) is 10.2 Å². The van der Waals surface area contributed by atoms with Crippen LogP contribution in [0.25, 0.3) is 0 Å². The first-order valence-electron chi connectivity index (χ1n) is 8.05. The molecule has 0 aromatic heterocycles. The Morgan fingerprint density at radius 2 is 1.78 bits per heavy atom. The highest BCUT2D eigenvalue weighted by Crippen LogP contribution is 2.28. The van der Waals surface area contributed by atoms with Gasteiger partial charge in [0.05, 0.1) is 6.54 Å². The smallest absolute Gasteiger partial charge is 0.325 e. The summed E-state index contributed by atoms with van der Waals surface area (Å²) in [7, 11) is 0. The van der Waals surface area contributed by atoms with Gasteiger partial charge in [0.1, 0.15) is 17.9 Å². The number of imide groups is 1. The van der Waals surface area contributed by atoms with Crippen LogP contribution in [-0.2, 0) is 10.2 Å². The van der Waals surface area contributed by atoms with Gasteiger partial charge in [-0.2, -0.15) is 0 Å². The third kappa shape index (κ3) is 3.66.